The molecule has 1 aromatic heterocycles. The molecule has 2 rings (SSSR count). The Morgan fingerprint density at radius 2 is 2.44 bits per heavy atom. The summed E-state index contributed by atoms with van der Waals surface area (Å²) in [5, 5.41) is 9.01. The van der Waals surface area contributed by atoms with Crippen molar-refractivity contribution in [2.45, 2.75) is 25.5 Å². The number of ether oxygens (including phenoxy) is 1. The largest absolute Gasteiger partial charge is 0.376 e. The molecule has 4 nitrogen and oxygen atoms in total. The smallest absolute Gasteiger partial charge is 0.163 e. The number of hydrogen-bond acceptors (Lipinski definition) is 4. The first-order valence-electron chi connectivity index (χ1n) is 5.43. The van der Waals surface area contributed by atoms with E-state index in [2.05, 4.69) is 22.9 Å². The number of rotatable bonds is 2. The number of pyridine rings is 1. The van der Waals surface area contributed by atoms with Crippen molar-refractivity contribution in [1.82, 2.24) is 4.98 Å². The summed E-state index contributed by atoms with van der Waals surface area (Å²) in [6, 6.07) is 6.23. The number of aromatic nitrogens is 1. The zero-order valence-electron chi connectivity index (χ0n) is 9.55. The van der Waals surface area contributed by atoms with E-state index in [0.717, 1.165) is 18.7 Å². The van der Waals surface area contributed by atoms with Gasteiger partial charge in [-0.15, -0.1) is 0 Å². The fourth-order valence-corrected chi connectivity index (χ4v) is 2.18. The van der Waals surface area contributed by atoms with Gasteiger partial charge in [0.2, 0.25) is 0 Å². The van der Waals surface area contributed by atoms with E-state index in [1.807, 2.05) is 19.2 Å². The highest BCUT2D eigenvalue weighted by molar-refractivity contribution is 5.56. The average Bonchev–Trinajstić information content (AvgIpc) is 2.74. The molecule has 2 atom stereocenters. The highest BCUT2D eigenvalue weighted by Gasteiger charge is 2.29. The van der Waals surface area contributed by atoms with Gasteiger partial charge in [-0.1, -0.05) is 0 Å². The number of hydrogen-bond donors (Lipinski definition) is 0. The van der Waals surface area contributed by atoms with Crippen LogP contribution >= 0.6 is 0 Å². The van der Waals surface area contributed by atoms with Crippen molar-refractivity contribution in [1.29, 1.82) is 5.26 Å². The van der Waals surface area contributed by atoms with Crippen LogP contribution in [0.1, 0.15) is 19.0 Å². The predicted octanol–water partition coefficient (Wildman–Crippen LogP) is 1.57. The van der Waals surface area contributed by atoms with Crippen LogP contribution < -0.4 is 4.90 Å². The minimum absolute atomic E-state index is 0.205. The Morgan fingerprint density at radius 1 is 1.62 bits per heavy atom. The van der Waals surface area contributed by atoms with Crippen LogP contribution in [0, 0.1) is 11.3 Å². The summed E-state index contributed by atoms with van der Waals surface area (Å²) >= 11 is 0. The Labute approximate surface area is 95.5 Å². The predicted molar refractivity (Wildman–Crippen MR) is 61.2 cm³/mol. The highest BCUT2D eigenvalue weighted by Crippen LogP contribution is 2.25. The lowest BCUT2D eigenvalue weighted by Crippen LogP contribution is -2.37. The minimum Gasteiger partial charge on any atom is -0.376 e. The molecule has 16 heavy (non-hydrogen) atoms. The minimum atomic E-state index is 0.205. The number of nitrogens with zero attached hydrogens (tertiary/aromatic N) is 3. The topological polar surface area (TPSA) is 49.1 Å². The van der Waals surface area contributed by atoms with E-state index in [4.69, 9.17) is 10.00 Å². The van der Waals surface area contributed by atoms with Gasteiger partial charge in [0.15, 0.2) is 5.69 Å². The normalized spacial score (nSPS) is 24.1. The monoisotopic (exact) mass is 217 g/mol. The van der Waals surface area contributed by atoms with Crippen LogP contribution in [0.15, 0.2) is 18.3 Å². The number of anilines is 1. The van der Waals surface area contributed by atoms with Crippen molar-refractivity contribution >= 4 is 5.69 Å². The summed E-state index contributed by atoms with van der Waals surface area (Å²) in [5.74, 6) is 0. The van der Waals surface area contributed by atoms with Gasteiger partial charge in [-0.05, 0) is 25.5 Å². The van der Waals surface area contributed by atoms with E-state index in [9.17, 15) is 0 Å². The second kappa shape index (κ2) is 4.50. The van der Waals surface area contributed by atoms with Crippen molar-refractivity contribution in [3.63, 3.8) is 0 Å². The Bertz CT molecular complexity index is 413. The molecule has 0 spiro atoms. The van der Waals surface area contributed by atoms with Crippen LogP contribution in [-0.4, -0.2) is 30.8 Å². The zero-order chi connectivity index (χ0) is 11.5. The summed E-state index contributed by atoms with van der Waals surface area (Å²) in [5.41, 5.74) is 1.36. The van der Waals surface area contributed by atoms with Gasteiger partial charge in [-0.3, -0.25) is 0 Å². The summed E-state index contributed by atoms with van der Waals surface area (Å²) in [6.45, 7) is 2.86. The molecular weight excluding hydrogens is 202 g/mol. The van der Waals surface area contributed by atoms with Gasteiger partial charge < -0.3 is 9.64 Å². The van der Waals surface area contributed by atoms with Gasteiger partial charge in [0.1, 0.15) is 6.07 Å². The third kappa shape index (κ3) is 1.86. The molecule has 2 unspecified atom stereocenters. The van der Waals surface area contributed by atoms with Crippen molar-refractivity contribution in [3.05, 3.63) is 24.0 Å². The van der Waals surface area contributed by atoms with Gasteiger partial charge in [0.05, 0.1) is 17.8 Å². The molecule has 1 aromatic rings. The first-order valence-corrected chi connectivity index (χ1v) is 5.43. The van der Waals surface area contributed by atoms with Crippen LogP contribution in [0.4, 0.5) is 5.69 Å². The Hall–Kier alpha value is -1.60. The fraction of sp³-hybridized carbons (Fsp3) is 0.500. The van der Waals surface area contributed by atoms with Gasteiger partial charge in [-0.2, -0.15) is 5.26 Å². The van der Waals surface area contributed by atoms with E-state index in [1.165, 1.54) is 0 Å². The molecule has 0 radical (unpaired) electrons. The van der Waals surface area contributed by atoms with Crippen LogP contribution in [0.3, 0.4) is 0 Å². The summed E-state index contributed by atoms with van der Waals surface area (Å²) in [7, 11) is 1.99. The van der Waals surface area contributed by atoms with Crippen molar-refractivity contribution < 1.29 is 4.74 Å². The lowest BCUT2D eigenvalue weighted by atomic mass is 10.1. The van der Waals surface area contributed by atoms with Crippen molar-refractivity contribution in [3.8, 4) is 6.07 Å². The molecule has 4 heteroatoms. The summed E-state index contributed by atoms with van der Waals surface area (Å²) in [4.78, 5) is 6.17. The van der Waals surface area contributed by atoms with E-state index in [-0.39, 0.29) is 6.10 Å². The van der Waals surface area contributed by atoms with Gasteiger partial charge in [-0.25, -0.2) is 4.98 Å². The summed E-state index contributed by atoms with van der Waals surface area (Å²) < 4.78 is 5.54. The molecule has 0 aromatic carbocycles. The molecule has 1 saturated heterocycles. The Kier molecular flexibility index (Phi) is 3.07. The maximum atomic E-state index is 9.01. The first kappa shape index (κ1) is 10.9. The maximum Gasteiger partial charge on any atom is 0.163 e. The molecule has 84 valence electrons. The molecular formula is C12H15N3O. The maximum absolute atomic E-state index is 9.01. The summed E-state index contributed by atoms with van der Waals surface area (Å²) in [6.07, 6.45) is 2.85. The molecule has 0 N–H and O–H groups in total. The molecule has 0 amide bonds. The van der Waals surface area contributed by atoms with Crippen LogP contribution in [0.25, 0.3) is 0 Å². The Balaban J connectivity index is 2.27. The standard InChI is InChI=1S/C12H15N3O/c1-9-11(5-7-16-9)15(2)12-4-3-6-14-10(12)8-13/h3-4,6,9,11H,5,7H2,1-2H3. The second-order valence-corrected chi connectivity index (χ2v) is 4.03. The lowest BCUT2D eigenvalue weighted by molar-refractivity contribution is 0.118. The van der Waals surface area contributed by atoms with E-state index in [1.54, 1.807) is 6.20 Å². The van der Waals surface area contributed by atoms with E-state index >= 15 is 0 Å². The molecule has 0 bridgehead atoms. The van der Waals surface area contributed by atoms with Crippen LogP contribution in [-0.2, 0) is 4.74 Å². The van der Waals surface area contributed by atoms with Gasteiger partial charge >= 0.3 is 0 Å². The SMILES string of the molecule is CC1OCCC1N(C)c1cccnc1C#N. The third-order valence-electron chi connectivity index (χ3n) is 3.11. The third-order valence-corrected chi connectivity index (χ3v) is 3.11. The molecule has 1 aliphatic heterocycles. The van der Waals surface area contributed by atoms with Crippen LogP contribution in [0.2, 0.25) is 0 Å². The highest BCUT2D eigenvalue weighted by atomic mass is 16.5. The van der Waals surface area contributed by atoms with E-state index < -0.39 is 0 Å². The molecule has 1 aliphatic rings. The van der Waals surface area contributed by atoms with Crippen molar-refractivity contribution in [2.75, 3.05) is 18.6 Å². The van der Waals surface area contributed by atoms with E-state index in [0.29, 0.717) is 11.7 Å². The molecule has 2 heterocycles. The first-order chi connectivity index (χ1) is 7.74. The fourth-order valence-electron chi connectivity index (χ4n) is 2.18. The number of nitriles is 1. The second-order valence-electron chi connectivity index (χ2n) is 4.03. The number of likely N-dealkylation sites (N-methyl/N-ethyl adjacent to an activating group) is 1. The zero-order valence-corrected chi connectivity index (χ0v) is 9.55. The quantitative estimate of drug-likeness (QED) is 0.754. The van der Waals surface area contributed by atoms with Crippen molar-refractivity contribution in [2.24, 2.45) is 0 Å². The van der Waals surface area contributed by atoms with Gasteiger partial charge in [0, 0.05) is 19.9 Å². The van der Waals surface area contributed by atoms with Crippen LogP contribution in [0.5, 0.6) is 0 Å². The average molecular weight is 217 g/mol. The molecule has 0 aliphatic carbocycles. The Morgan fingerprint density at radius 3 is 3.06 bits per heavy atom. The molecule has 1 fully saturated rings. The molecule has 0 saturated carbocycles. The van der Waals surface area contributed by atoms with Gasteiger partial charge in [0.25, 0.3) is 0 Å². The lowest BCUT2D eigenvalue weighted by Gasteiger charge is -2.28.